The second-order valence-electron chi connectivity index (χ2n) is 6.39. The minimum absolute atomic E-state index is 0.458. The predicted molar refractivity (Wildman–Crippen MR) is 90.8 cm³/mol. The number of hydrogen-bond acceptors (Lipinski definition) is 3. The topological polar surface area (TPSA) is 18.5 Å². The second kappa shape index (κ2) is 8.52. The molecule has 0 amide bonds. The largest absolute Gasteiger partial charge is 0.313 e. The normalized spacial score (nSPS) is 17.5. The van der Waals surface area contributed by atoms with Gasteiger partial charge in [0.15, 0.2) is 0 Å². The van der Waals surface area contributed by atoms with Crippen molar-refractivity contribution in [1.29, 1.82) is 0 Å². The van der Waals surface area contributed by atoms with Crippen molar-refractivity contribution < 1.29 is 0 Å². The van der Waals surface area contributed by atoms with Crippen molar-refractivity contribution in [3.63, 3.8) is 0 Å². The van der Waals surface area contributed by atoms with Gasteiger partial charge in [-0.15, -0.1) is 0 Å². The van der Waals surface area contributed by atoms with Crippen molar-refractivity contribution in [2.75, 3.05) is 46.8 Å². The fraction of sp³-hybridized carbons (Fsp3) is 0.667. The SMILES string of the molecule is CNC(CCN(C)CCN1CCCC1)c1ccc(C)cc1. The van der Waals surface area contributed by atoms with Crippen LogP contribution < -0.4 is 5.32 Å². The Morgan fingerprint density at radius 2 is 1.81 bits per heavy atom. The fourth-order valence-corrected chi connectivity index (χ4v) is 3.06. The maximum atomic E-state index is 3.45. The van der Waals surface area contributed by atoms with Crippen LogP contribution in [0.25, 0.3) is 0 Å². The molecule has 2 rings (SSSR count). The van der Waals surface area contributed by atoms with Gasteiger partial charge in [0, 0.05) is 19.1 Å². The van der Waals surface area contributed by atoms with Crippen molar-refractivity contribution in [3.8, 4) is 0 Å². The summed E-state index contributed by atoms with van der Waals surface area (Å²) in [5.41, 5.74) is 2.73. The Kier molecular flexibility index (Phi) is 6.68. The average molecular weight is 289 g/mol. The Morgan fingerprint density at radius 1 is 1.14 bits per heavy atom. The number of nitrogens with one attached hydrogen (secondary N) is 1. The number of likely N-dealkylation sites (N-methyl/N-ethyl adjacent to an activating group) is 1. The monoisotopic (exact) mass is 289 g/mol. The van der Waals surface area contributed by atoms with E-state index in [4.69, 9.17) is 0 Å². The molecule has 1 heterocycles. The summed E-state index contributed by atoms with van der Waals surface area (Å²) in [6.07, 6.45) is 3.94. The summed E-state index contributed by atoms with van der Waals surface area (Å²) in [5.74, 6) is 0. The highest BCUT2D eigenvalue weighted by Gasteiger charge is 2.13. The molecule has 1 aliphatic heterocycles. The van der Waals surface area contributed by atoms with E-state index in [1.165, 1.54) is 50.1 Å². The first-order valence-electron chi connectivity index (χ1n) is 8.34. The van der Waals surface area contributed by atoms with E-state index < -0.39 is 0 Å². The van der Waals surface area contributed by atoms with Crippen LogP contribution in [0.15, 0.2) is 24.3 Å². The van der Waals surface area contributed by atoms with Crippen molar-refractivity contribution >= 4 is 0 Å². The van der Waals surface area contributed by atoms with Gasteiger partial charge in [0.05, 0.1) is 0 Å². The molecular weight excluding hydrogens is 258 g/mol. The summed E-state index contributed by atoms with van der Waals surface area (Å²) in [7, 11) is 4.31. The molecule has 0 spiro atoms. The van der Waals surface area contributed by atoms with Gasteiger partial charge in [-0.3, -0.25) is 0 Å². The Morgan fingerprint density at radius 3 is 2.43 bits per heavy atom. The third kappa shape index (κ3) is 5.42. The van der Waals surface area contributed by atoms with E-state index in [9.17, 15) is 0 Å². The van der Waals surface area contributed by atoms with Crippen LogP contribution in [-0.4, -0.2) is 56.6 Å². The molecule has 1 fully saturated rings. The van der Waals surface area contributed by atoms with Crippen LogP contribution in [0.2, 0.25) is 0 Å². The molecule has 1 unspecified atom stereocenters. The highest BCUT2D eigenvalue weighted by atomic mass is 15.2. The van der Waals surface area contributed by atoms with Crippen LogP contribution in [0.3, 0.4) is 0 Å². The number of benzene rings is 1. The number of nitrogens with zero attached hydrogens (tertiary/aromatic N) is 2. The van der Waals surface area contributed by atoms with Gasteiger partial charge in [0.1, 0.15) is 0 Å². The van der Waals surface area contributed by atoms with Crippen molar-refractivity contribution in [1.82, 2.24) is 15.1 Å². The van der Waals surface area contributed by atoms with Crippen LogP contribution in [-0.2, 0) is 0 Å². The number of hydrogen-bond donors (Lipinski definition) is 1. The summed E-state index contributed by atoms with van der Waals surface area (Å²) in [6, 6.07) is 9.37. The van der Waals surface area contributed by atoms with Crippen molar-refractivity contribution in [2.45, 2.75) is 32.2 Å². The Balaban J connectivity index is 1.72. The van der Waals surface area contributed by atoms with Crippen molar-refractivity contribution in [2.24, 2.45) is 0 Å². The molecule has 0 saturated carbocycles. The lowest BCUT2D eigenvalue weighted by Crippen LogP contribution is -2.33. The highest BCUT2D eigenvalue weighted by Crippen LogP contribution is 2.17. The summed E-state index contributed by atoms with van der Waals surface area (Å²) < 4.78 is 0. The molecule has 1 aromatic rings. The standard InChI is InChI=1S/C18H31N3/c1-16-6-8-17(9-7-16)18(19-2)10-13-20(3)14-15-21-11-4-5-12-21/h6-9,18-19H,4-5,10-15H2,1-3H3. The van der Waals surface area contributed by atoms with Gasteiger partial charge >= 0.3 is 0 Å². The first-order valence-corrected chi connectivity index (χ1v) is 8.34. The summed E-state index contributed by atoms with van der Waals surface area (Å²) in [6.45, 7) is 8.31. The minimum atomic E-state index is 0.458. The molecule has 1 N–H and O–H groups in total. The third-order valence-electron chi connectivity index (χ3n) is 4.62. The molecule has 1 aromatic carbocycles. The van der Waals surface area contributed by atoms with Crippen LogP contribution in [0.4, 0.5) is 0 Å². The molecule has 0 bridgehead atoms. The van der Waals surface area contributed by atoms with E-state index in [2.05, 4.69) is 60.4 Å². The summed E-state index contributed by atoms with van der Waals surface area (Å²) >= 11 is 0. The molecule has 1 atom stereocenters. The lowest BCUT2D eigenvalue weighted by Gasteiger charge is -2.24. The van der Waals surface area contributed by atoms with Crippen LogP contribution in [0.5, 0.6) is 0 Å². The zero-order valence-corrected chi connectivity index (χ0v) is 13.9. The van der Waals surface area contributed by atoms with Gasteiger partial charge < -0.3 is 15.1 Å². The van der Waals surface area contributed by atoms with Gasteiger partial charge in [0.2, 0.25) is 0 Å². The van der Waals surface area contributed by atoms with Crippen LogP contribution in [0.1, 0.15) is 36.4 Å². The van der Waals surface area contributed by atoms with Gasteiger partial charge in [-0.1, -0.05) is 29.8 Å². The molecule has 3 nitrogen and oxygen atoms in total. The molecule has 0 aliphatic carbocycles. The van der Waals surface area contributed by atoms with E-state index in [1.54, 1.807) is 0 Å². The van der Waals surface area contributed by atoms with Gasteiger partial charge in [-0.05, 0) is 65.5 Å². The predicted octanol–water partition coefficient (Wildman–Crippen LogP) is 2.67. The summed E-state index contributed by atoms with van der Waals surface area (Å²) in [4.78, 5) is 5.06. The molecule has 0 aromatic heterocycles. The quantitative estimate of drug-likeness (QED) is 0.794. The highest BCUT2D eigenvalue weighted by molar-refractivity contribution is 5.24. The first-order chi connectivity index (χ1) is 10.2. The Labute approximate surface area is 130 Å². The molecule has 0 radical (unpaired) electrons. The molecular formula is C18H31N3. The molecule has 118 valence electrons. The maximum absolute atomic E-state index is 3.45. The molecule has 1 aliphatic rings. The molecule has 21 heavy (non-hydrogen) atoms. The minimum Gasteiger partial charge on any atom is -0.313 e. The van der Waals surface area contributed by atoms with E-state index >= 15 is 0 Å². The van der Waals surface area contributed by atoms with Crippen molar-refractivity contribution in [3.05, 3.63) is 35.4 Å². The van der Waals surface area contributed by atoms with Crippen LogP contribution in [0, 0.1) is 6.92 Å². The lowest BCUT2D eigenvalue weighted by atomic mass is 10.0. The van der Waals surface area contributed by atoms with Gasteiger partial charge in [-0.2, -0.15) is 0 Å². The van der Waals surface area contributed by atoms with E-state index in [0.717, 1.165) is 13.0 Å². The van der Waals surface area contributed by atoms with Gasteiger partial charge in [-0.25, -0.2) is 0 Å². The number of aryl methyl sites for hydroxylation is 1. The second-order valence-corrected chi connectivity index (χ2v) is 6.39. The number of likely N-dealkylation sites (tertiary alicyclic amines) is 1. The Bertz CT molecular complexity index is 395. The average Bonchev–Trinajstić information content (AvgIpc) is 3.01. The fourth-order valence-electron chi connectivity index (χ4n) is 3.06. The zero-order chi connectivity index (χ0) is 15.1. The Hall–Kier alpha value is -0.900. The van der Waals surface area contributed by atoms with E-state index in [-0.39, 0.29) is 0 Å². The number of rotatable bonds is 8. The van der Waals surface area contributed by atoms with Crippen LogP contribution >= 0.6 is 0 Å². The zero-order valence-electron chi connectivity index (χ0n) is 13.9. The maximum Gasteiger partial charge on any atom is 0.0329 e. The first kappa shape index (κ1) is 16.5. The van der Waals surface area contributed by atoms with E-state index in [1.807, 2.05) is 0 Å². The lowest BCUT2D eigenvalue weighted by molar-refractivity contribution is 0.249. The molecule has 3 heteroatoms. The van der Waals surface area contributed by atoms with Gasteiger partial charge in [0.25, 0.3) is 0 Å². The smallest absolute Gasteiger partial charge is 0.0329 e. The third-order valence-corrected chi connectivity index (χ3v) is 4.62. The van der Waals surface area contributed by atoms with E-state index in [0.29, 0.717) is 6.04 Å². The summed E-state index contributed by atoms with van der Waals surface area (Å²) in [5, 5.41) is 3.45. The molecule has 1 saturated heterocycles.